The summed E-state index contributed by atoms with van der Waals surface area (Å²) in [5.74, 6) is -2.05. The van der Waals surface area contributed by atoms with Crippen molar-refractivity contribution in [1.29, 1.82) is 0 Å². The van der Waals surface area contributed by atoms with Gasteiger partial charge in [0.05, 0.1) is 0 Å². The van der Waals surface area contributed by atoms with Crippen molar-refractivity contribution < 1.29 is 23.5 Å². The number of piperidine rings is 1. The Balaban J connectivity index is 1.40. The highest BCUT2D eigenvalue weighted by molar-refractivity contribution is 6.42. The molecule has 0 spiro atoms. The molecule has 3 aliphatic heterocycles. The lowest BCUT2D eigenvalue weighted by atomic mass is 10.0. The molecule has 7 heteroatoms. The molecule has 0 radical (unpaired) electrons. The highest BCUT2D eigenvalue weighted by Crippen LogP contribution is 2.34. The SMILES string of the molecule is O=C(C(=O)N1CCN2CCC1CC2)c1cc(F)c(OCc2ccccc2)c(OCc2ccccc2)c1. The summed E-state index contributed by atoms with van der Waals surface area (Å²) in [4.78, 5) is 30.4. The third-order valence-electron chi connectivity index (χ3n) is 6.84. The lowest BCUT2D eigenvalue weighted by Gasteiger charge is -2.31. The van der Waals surface area contributed by atoms with Crippen LogP contribution in [0.2, 0.25) is 0 Å². The summed E-state index contributed by atoms with van der Waals surface area (Å²) in [7, 11) is 0. The molecule has 0 saturated carbocycles. The second-order valence-corrected chi connectivity index (χ2v) is 9.23. The Hall–Kier alpha value is -3.71. The van der Waals surface area contributed by atoms with Crippen LogP contribution in [0, 0.1) is 5.82 Å². The Morgan fingerprint density at radius 3 is 2.06 bits per heavy atom. The second-order valence-electron chi connectivity index (χ2n) is 9.23. The molecular weight excluding hydrogens is 459 g/mol. The zero-order valence-corrected chi connectivity index (χ0v) is 20.1. The number of nitrogens with zero attached hydrogens (tertiary/aromatic N) is 2. The van der Waals surface area contributed by atoms with Crippen LogP contribution in [-0.4, -0.2) is 53.7 Å². The summed E-state index contributed by atoms with van der Waals surface area (Å²) in [6.45, 7) is 3.43. The molecule has 0 unspecified atom stereocenters. The highest BCUT2D eigenvalue weighted by Gasteiger charge is 2.35. The van der Waals surface area contributed by atoms with E-state index in [1.165, 1.54) is 6.07 Å². The number of Topliss-reactive ketones (excluding diaryl/α,β-unsaturated/α-hetero) is 1. The van der Waals surface area contributed by atoms with E-state index in [0.717, 1.165) is 49.7 Å². The van der Waals surface area contributed by atoms with Crippen LogP contribution in [0.25, 0.3) is 0 Å². The van der Waals surface area contributed by atoms with Crippen LogP contribution in [0.1, 0.15) is 34.3 Å². The van der Waals surface area contributed by atoms with E-state index in [9.17, 15) is 9.59 Å². The Bertz CT molecular complexity index is 1210. The minimum Gasteiger partial charge on any atom is -0.485 e. The molecule has 0 atom stereocenters. The molecule has 3 fully saturated rings. The molecule has 186 valence electrons. The van der Waals surface area contributed by atoms with Crippen molar-refractivity contribution in [1.82, 2.24) is 9.80 Å². The maximum absolute atomic E-state index is 15.3. The van der Waals surface area contributed by atoms with Gasteiger partial charge in [0.2, 0.25) is 0 Å². The van der Waals surface area contributed by atoms with Crippen molar-refractivity contribution in [2.45, 2.75) is 32.1 Å². The fourth-order valence-corrected chi connectivity index (χ4v) is 4.82. The van der Waals surface area contributed by atoms with Gasteiger partial charge in [-0.05, 0) is 36.1 Å². The van der Waals surface area contributed by atoms with Crippen LogP contribution in [0.4, 0.5) is 4.39 Å². The lowest BCUT2D eigenvalue weighted by molar-refractivity contribution is -0.128. The Labute approximate surface area is 210 Å². The molecule has 1 amide bonds. The first kappa shape index (κ1) is 24.0. The monoisotopic (exact) mass is 488 g/mol. The summed E-state index contributed by atoms with van der Waals surface area (Å²) in [6.07, 6.45) is 1.70. The van der Waals surface area contributed by atoms with E-state index in [2.05, 4.69) is 4.90 Å². The second kappa shape index (κ2) is 10.9. The van der Waals surface area contributed by atoms with Crippen LogP contribution < -0.4 is 9.47 Å². The summed E-state index contributed by atoms with van der Waals surface area (Å²) in [5.41, 5.74) is 1.72. The van der Waals surface area contributed by atoms with Crippen LogP contribution in [0.3, 0.4) is 0 Å². The number of halogens is 1. The van der Waals surface area contributed by atoms with E-state index in [-0.39, 0.29) is 36.3 Å². The topological polar surface area (TPSA) is 59.1 Å². The van der Waals surface area contributed by atoms with Crippen LogP contribution in [0.5, 0.6) is 11.5 Å². The predicted molar refractivity (Wildman–Crippen MR) is 133 cm³/mol. The van der Waals surface area contributed by atoms with Crippen molar-refractivity contribution in [3.05, 3.63) is 95.3 Å². The zero-order chi connectivity index (χ0) is 24.9. The van der Waals surface area contributed by atoms with Crippen molar-refractivity contribution in [2.75, 3.05) is 26.2 Å². The smallest absolute Gasteiger partial charge is 0.295 e. The number of hydrogen-bond acceptors (Lipinski definition) is 5. The normalized spacial score (nSPS) is 19.0. The lowest BCUT2D eigenvalue weighted by Crippen LogP contribution is -2.44. The van der Waals surface area contributed by atoms with Gasteiger partial charge in [-0.15, -0.1) is 0 Å². The molecule has 3 aliphatic rings. The molecule has 2 bridgehead atoms. The Morgan fingerprint density at radius 2 is 1.42 bits per heavy atom. The van der Waals surface area contributed by atoms with Gasteiger partial charge in [0.1, 0.15) is 13.2 Å². The zero-order valence-electron chi connectivity index (χ0n) is 20.1. The van der Waals surface area contributed by atoms with E-state index in [4.69, 9.17) is 9.47 Å². The minimum atomic E-state index is -0.740. The van der Waals surface area contributed by atoms with E-state index in [0.29, 0.717) is 6.54 Å². The first-order valence-electron chi connectivity index (χ1n) is 12.3. The average molecular weight is 489 g/mol. The fraction of sp³-hybridized carbons (Fsp3) is 0.310. The van der Waals surface area contributed by atoms with Gasteiger partial charge < -0.3 is 19.3 Å². The van der Waals surface area contributed by atoms with Crippen molar-refractivity contribution in [3.8, 4) is 11.5 Å². The standard InChI is InChI=1S/C29H29FN2O4/c30-25-17-23(27(33)29(34)32-16-15-31-13-11-24(32)12-14-31)18-26(35-19-21-7-3-1-4-8-21)28(25)36-20-22-9-5-2-6-10-22/h1-10,17-18,24H,11-16,19-20H2. The number of hydrogen-bond donors (Lipinski definition) is 0. The maximum atomic E-state index is 15.3. The van der Waals surface area contributed by atoms with Gasteiger partial charge in [-0.25, -0.2) is 4.39 Å². The number of ketones is 1. The molecule has 3 heterocycles. The Morgan fingerprint density at radius 1 is 0.806 bits per heavy atom. The van der Waals surface area contributed by atoms with Crippen molar-refractivity contribution in [2.24, 2.45) is 0 Å². The molecular formula is C29H29FN2O4. The first-order valence-corrected chi connectivity index (χ1v) is 12.3. The van der Waals surface area contributed by atoms with Gasteiger partial charge in [0.15, 0.2) is 17.3 Å². The van der Waals surface area contributed by atoms with E-state index < -0.39 is 17.5 Å². The van der Waals surface area contributed by atoms with Crippen LogP contribution >= 0.6 is 0 Å². The van der Waals surface area contributed by atoms with Crippen molar-refractivity contribution in [3.63, 3.8) is 0 Å². The molecule has 3 aromatic carbocycles. The van der Waals surface area contributed by atoms with Crippen molar-refractivity contribution >= 4 is 11.7 Å². The molecule has 36 heavy (non-hydrogen) atoms. The molecule has 0 aromatic heterocycles. The number of fused-ring (bicyclic) bond motifs is 4. The van der Waals surface area contributed by atoms with Gasteiger partial charge in [0, 0.05) is 37.8 Å². The van der Waals surface area contributed by atoms with Crippen LogP contribution in [-0.2, 0) is 18.0 Å². The number of carbonyl (C=O) groups excluding carboxylic acids is 2. The Kier molecular flexibility index (Phi) is 7.28. The number of rotatable bonds is 8. The molecule has 0 aliphatic carbocycles. The molecule has 6 rings (SSSR count). The summed E-state index contributed by atoms with van der Waals surface area (Å²) >= 11 is 0. The minimum absolute atomic E-state index is 0.0354. The number of benzene rings is 3. The largest absolute Gasteiger partial charge is 0.485 e. The number of carbonyl (C=O) groups is 2. The third-order valence-corrected chi connectivity index (χ3v) is 6.84. The number of ether oxygens (including phenoxy) is 2. The summed E-state index contributed by atoms with van der Waals surface area (Å²) in [6, 6.07) is 21.4. The molecule has 3 aromatic rings. The summed E-state index contributed by atoms with van der Waals surface area (Å²) in [5, 5.41) is 0. The van der Waals surface area contributed by atoms with Gasteiger partial charge in [-0.2, -0.15) is 0 Å². The van der Waals surface area contributed by atoms with Gasteiger partial charge in [-0.1, -0.05) is 60.7 Å². The quantitative estimate of drug-likeness (QED) is 0.346. The van der Waals surface area contributed by atoms with E-state index in [1.54, 1.807) is 4.90 Å². The highest BCUT2D eigenvalue weighted by atomic mass is 19.1. The molecule has 3 saturated heterocycles. The fourth-order valence-electron chi connectivity index (χ4n) is 4.82. The third kappa shape index (κ3) is 5.41. The van der Waals surface area contributed by atoms with Gasteiger partial charge in [-0.3, -0.25) is 9.59 Å². The predicted octanol–water partition coefficient (Wildman–Crippen LogP) is 4.47. The number of amides is 1. The molecule has 0 N–H and O–H groups in total. The van der Waals surface area contributed by atoms with Gasteiger partial charge in [0.25, 0.3) is 11.7 Å². The average Bonchev–Trinajstić information content (AvgIpc) is 3.25. The summed E-state index contributed by atoms with van der Waals surface area (Å²) < 4.78 is 27.1. The molecule has 6 nitrogen and oxygen atoms in total. The van der Waals surface area contributed by atoms with Gasteiger partial charge >= 0.3 is 0 Å². The maximum Gasteiger partial charge on any atom is 0.295 e. The van der Waals surface area contributed by atoms with E-state index in [1.807, 2.05) is 60.7 Å². The van der Waals surface area contributed by atoms with E-state index >= 15 is 4.39 Å². The first-order chi connectivity index (χ1) is 17.6. The van der Waals surface area contributed by atoms with Crippen LogP contribution in [0.15, 0.2) is 72.8 Å².